The average molecular weight is 415 g/mol. The molecule has 0 bridgehead atoms. The number of nitrogens with zero attached hydrogens (tertiary/aromatic N) is 3. The van der Waals surface area contributed by atoms with Crippen LogP contribution in [0.15, 0.2) is 39.6 Å². The molecule has 2 aliphatic rings. The van der Waals surface area contributed by atoms with E-state index in [0.717, 1.165) is 24.1 Å². The zero-order valence-electron chi connectivity index (χ0n) is 17.3. The first-order valence-corrected chi connectivity index (χ1v) is 10.1. The molecule has 0 radical (unpaired) electrons. The first-order valence-electron chi connectivity index (χ1n) is 10.1. The number of para-hydroxylation sites is 1. The Balaban J connectivity index is 2.07. The number of carboxylic acids is 1. The van der Waals surface area contributed by atoms with Gasteiger partial charge in [-0.15, -0.1) is 0 Å². The molecule has 2 aliphatic heterocycles. The van der Waals surface area contributed by atoms with E-state index in [9.17, 15) is 24.9 Å². The third-order valence-electron chi connectivity index (χ3n) is 6.82. The topological polar surface area (TPSA) is 98.1 Å². The summed E-state index contributed by atoms with van der Waals surface area (Å²) in [5.74, 6) is 0.790. The summed E-state index contributed by atoms with van der Waals surface area (Å²) in [6, 6.07) is 6.97. The van der Waals surface area contributed by atoms with Crippen LogP contribution in [0.4, 0.5) is 5.69 Å². The molecule has 0 aliphatic carbocycles. The molecule has 2 heterocycles. The maximum absolute atomic E-state index is 12.5. The van der Waals surface area contributed by atoms with Crippen LogP contribution in [0, 0.1) is 6.57 Å². The lowest BCUT2D eigenvalue weighted by molar-refractivity contribution is -0.143. The van der Waals surface area contributed by atoms with Gasteiger partial charge in [0.15, 0.2) is 6.04 Å². The number of hydrogen-bond acceptors (Lipinski definition) is 3. The van der Waals surface area contributed by atoms with E-state index >= 15 is 0 Å². The normalized spacial score (nSPS) is 25.2. The van der Waals surface area contributed by atoms with Crippen LogP contribution < -0.4 is 15.3 Å². The zero-order chi connectivity index (χ0) is 22.6. The number of allylic oxidation sites excluding steroid dienone is 1. The van der Waals surface area contributed by atoms with Gasteiger partial charge in [0.05, 0.1) is 18.5 Å². The predicted octanol–water partition coefficient (Wildman–Crippen LogP) is 3.06. The Hall–Kier alpha value is -3.59. The van der Waals surface area contributed by atoms with E-state index < -0.39 is 34.0 Å². The molecule has 0 amide bonds. The average Bonchev–Trinajstić information content (AvgIpc) is 2.95. The Morgan fingerprint density at radius 1 is 1.29 bits per heavy atom. The third-order valence-corrected chi connectivity index (χ3v) is 6.82. The lowest BCUT2D eigenvalue weighted by Crippen LogP contribution is -2.61. The van der Waals surface area contributed by atoms with Crippen molar-refractivity contribution in [2.75, 3.05) is 6.54 Å². The molecule has 7 heteroatoms. The van der Waals surface area contributed by atoms with Crippen molar-refractivity contribution >= 4 is 29.3 Å². The van der Waals surface area contributed by atoms with E-state index in [1.807, 2.05) is 38.1 Å². The van der Waals surface area contributed by atoms with Gasteiger partial charge in [0.2, 0.25) is 16.6 Å². The number of hydrogen-bond donors (Lipinski definition) is 1. The van der Waals surface area contributed by atoms with Gasteiger partial charge in [-0.05, 0) is 32.8 Å². The van der Waals surface area contributed by atoms with Crippen molar-refractivity contribution in [1.82, 2.24) is 4.48 Å². The Kier molecular flexibility index (Phi) is 4.66. The lowest BCUT2D eigenvalue weighted by Gasteiger charge is -2.44. The smallest absolute Gasteiger partial charge is 0.363 e. The fourth-order valence-corrected chi connectivity index (χ4v) is 5.43. The van der Waals surface area contributed by atoms with Crippen molar-refractivity contribution in [3.05, 3.63) is 83.9 Å². The summed E-state index contributed by atoms with van der Waals surface area (Å²) in [4.78, 5) is 40.1. The molecule has 1 fully saturated rings. The summed E-state index contributed by atoms with van der Waals surface area (Å²) >= 11 is 0. The van der Waals surface area contributed by atoms with Crippen LogP contribution in [-0.4, -0.2) is 29.5 Å². The minimum absolute atomic E-state index is 0.0284. The first-order chi connectivity index (χ1) is 14.7. The summed E-state index contributed by atoms with van der Waals surface area (Å²) in [6.07, 6.45) is 3.70. The molecule has 156 valence electrons. The highest BCUT2D eigenvalue weighted by molar-refractivity contribution is 5.98. The van der Waals surface area contributed by atoms with Gasteiger partial charge in [-0.25, -0.2) is 14.1 Å². The van der Waals surface area contributed by atoms with Gasteiger partial charge < -0.3 is 10.5 Å². The molecular weight excluding hydrogens is 394 g/mol. The predicted molar refractivity (Wildman–Crippen MR) is 119 cm³/mol. The fourth-order valence-electron chi connectivity index (χ4n) is 5.43. The number of benzene rings is 1. The standard InChI is InChI=1S/C24H21N3O4/c1-24(2)15-8-4-5-9-17(15)27(11-7-6-10-18(27)23(30)31)19(24)12-14-20(16(13-25)26-3)22(29)21(14)28/h4-5,8-9,12,18H,6-7,10-11H2,1-2H3,(H,30,31). The van der Waals surface area contributed by atoms with Crippen molar-refractivity contribution in [1.29, 1.82) is 0 Å². The van der Waals surface area contributed by atoms with Crippen molar-refractivity contribution in [2.24, 2.45) is 0 Å². The monoisotopic (exact) mass is 415 g/mol. The molecule has 2 atom stereocenters. The Labute approximate surface area is 179 Å². The van der Waals surface area contributed by atoms with Crippen LogP contribution in [-0.2, 0) is 10.2 Å². The summed E-state index contributed by atoms with van der Waals surface area (Å²) in [5.41, 5.74) is -0.167. The molecule has 31 heavy (non-hydrogen) atoms. The third kappa shape index (κ3) is 2.63. The van der Waals surface area contributed by atoms with Crippen molar-refractivity contribution < 1.29 is 9.90 Å². The molecule has 1 spiro atoms. The van der Waals surface area contributed by atoms with Gasteiger partial charge in [0.25, 0.3) is 0 Å². The molecular formula is C24H21N3O4. The van der Waals surface area contributed by atoms with Gasteiger partial charge >= 0.3 is 5.97 Å². The maximum atomic E-state index is 12.5. The highest BCUT2D eigenvalue weighted by Gasteiger charge is 2.60. The van der Waals surface area contributed by atoms with Gasteiger partial charge in [-0.3, -0.25) is 15.5 Å². The SMILES string of the molecule is [C-]#[N+]C(=C=[N-])c1c(C=C2C(C)(C)c3ccccc3[N+]23CCCCC3C(=O)O)c(=O)c1=O. The molecule has 1 N–H and O–H groups in total. The molecule has 2 aromatic rings. The summed E-state index contributed by atoms with van der Waals surface area (Å²) in [6.45, 7) is 11.7. The number of fused-ring (bicyclic) bond motifs is 2. The van der Waals surface area contributed by atoms with E-state index in [1.54, 1.807) is 11.9 Å². The molecule has 2 unspecified atom stereocenters. The van der Waals surface area contributed by atoms with Crippen LogP contribution in [0.1, 0.15) is 49.8 Å². The second kappa shape index (κ2) is 6.98. The fraction of sp³-hybridized carbons (Fsp3) is 0.333. The molecule has 0 aromatic heterocycles. The minimum atomic E-state index is -0.909. The number of carboxylic acid groups (broad SMARTS) is 1. The van der Waals surface area contributed by atoms with Crippen molar-refractivity contribution in [3.8, 4) is 0 Å². The van der Waals surface area contributed by atoms with Gasteiger partial charge in [-0.1, -0.05) is 18.2 Å². The molecule has 0 saturated carbocycles. The second-order valence-corrected chi connectivity index (χ2v) is 8.63. The molecule has 7 nitrogen and oxygen atoms in total. The molecule has 4 rings (SSSR count). The minimum Gasteiger partial charge on any atom is -0.775 e. The van der Waals surface area contributed by atoms with Crippen LogP contribution in [0.25, 0.3) is 22.0 Å². The largest absolute Gasteiger partial charge is 0.775 e. The maximum Gasteiger partial charge on any atom is 0.363 e. The lowest BCUT2D eigenvalue weighted by atomic mass is 9.81. The highest BCUT2D eigenvalue weighted by atomic mass is 16.4. The summed E-state index contributed by atoms with van der Waals surface area (Å²) < 4.78 is 0.0939. The van der Waals surface area contributed by atoms with Crippen LogP contribution >= 0.6 is 0 Å². The Morgan fingerprint density at radius 3 is 2.65 bits per heavy atom. The Bertz CT molecular complexity index is 1310. The molecule has 2 aromatic carbocycles. The van der Waals surface area contributed by atoms with Crippen LogP contribution in [0.5, 0.6) is 0 Å². The number of rotatable bonds is 3. The van der Waals surface area contributed by atoms with Gasteiger partial charge in [0.1, 0.15) is 11.4 Å². The van der Waals surface area contributed by atoms with E-state index in [-0.39, 0.29) is 15.6 Å². The quantitative estimate of drug-likeness (QED) is 0.361. The van der Waals surface area contributed by atoms with Gasteiger partial charge in [0, 0.05) is 29.2 Å². The summed E-state index contributed by atoms with van der Waals surface area (Å²) in [7, 11) is 0. The molecule has 1 saturated heterocycles. The van der Waals surface area contributed by atoms with E-state index in [0.29, 0.717) is 18.7 Å². The van der Waals surface area contributed by atoms with Gasteiger partial charge in [-0.2, -0.15) is 0 Å². The van der Waals surface area contributed by atoms with Crippen LogP contribution in [0.3, 0.4) is 0 Å². The van der Waals surface area contributed by atoms with E-state index in [4.69, 9.17) is 6.57 Å². The first kappa shape index (κ1) is 20.7. The summed E-state index contributed by atoms with van der Waals surface area (Å²) in [5, 5.41) is 19.4. The number of quaternary nitrogens is 1. The second-order valence-electron chi connectivity index (χ2n) is 8.63. The zero-order valence-corrected chi connectivity index (χ0v) is 17.3. The van der Waals surface area contributed by atoms with E-state index in [2.05, 4.69) is 4.85 Å². The highest BCUT2D eigenvalue weighted by Crippen LogP contribution is 2.56. The number of aliphatic carboxylic acids is 1. The van der Waals surface area contributed by atoms with Crippen LogP contribution in [0.2, 0.25) is 0 Å². The Morgan fingerprint density at radius 2 is 2.00 bits per heavy atom. The van der Waals surface area contributed by atoms with E-state index in [1.165, 1.54) is 0 Å². The van der Waals surface area contributed by atoms with Crippen molar-refractivity contribution in [3.63, 3.8) is 0 Å². The number of piperidine rings is 1. The number of carbonyl (C=O) groups is 1. The van der Waals surface area contributed by atoms with Crippen molar-refractivity contribution in [2.45, 2.75) is 44.6 Å².